The van der Waals surface area contributed by atoms with Crippen LogP contribution in [0.3, 0.4) is 0 Å². The Hall–Kier alpha value is -6.47. The average Bonchev–Trinajstić information content (AvgIpc) is 3.22. The first-order valence-corrected chi connectivity index (χ1v) is 19.0. The number of primary amides is 1. The number of amides is 8. The Morgan fingerprint density at radius 2 is 1.31 bits per heavy atom. The van der Waals surface area contributed by atoms with Crippen LogP contribution in [0.2, 0.25) is 0 Å². The fourth-order valence-corrected chi connectivity index (χ4v) is 5.45. The Morgan fingerprint density at radius 3 is 1.85 bits per heavy atom. The number of aliphatic hydroxyl groups is 1. The van der Waals surface area contributed by atoms with Crippen LogP contribution in [0, 0.1) is 0 Å². The van der Waals surface area contributed by atoms with Crippen LogP contribution in [0.15, 0.2) is 48.5 Å². The molecule has 0 aliphatic heterocycles. The van der Waals surface area contributed by atoms with Crippen LogP contribution in [0.25, 0.3) is 11.1 Å². The number of aliphatic hydroxyl groups excluding tert-OH is 1. The number of carbonyl (C=O) groups excluding carboxylic acids is 8. The van der Waals surface area contributed by atoms with Crippen LogP contribution in [-0.4, -0.2) is 143 Å². The van der Waals surface area contributed by atoms with Gasteiger partial charge in [0.15, 0.2) is 12.3 Å². The fourth-order valence-electron chi connectivity index (χ4n) is 5.45. The molecule has 0 heterocycles. The van der Waals surface area contributed by atoms with Gasteiger partial charge in [0.1, 0.15) is 18.1 Å². The third kappa shape index (κ3) is 17.3. The lowest BCUT2D eigenvalue weighted by Gasteiger charge is -2.28. The molecular weight excluding hydrogens is 803 g/mol. The molecule has 16 N–H and O–H groups in total. The molecule has 2 aromatic rings. The lowest BCUT2D eigenvalue weighted by atomic mass is 9.92. The van der Waals surface area contributed by atoms with Crippen LogP contribution in [0.4, 0.5) is 0 Å². The molecule has 332 valence electrons. The Morgan fingerprint density at radius 1 is 0.738 bits per heavy atom. The lowest BCUT2D eigenvalue weighted by molar-refractivity contribution is -0.143. The van der Waals surface area contributed by atoms with E-state index >= 15 is 0 Å². The summed E-state index contributed by atoms with van der Waals surface area (Å²) >= 11 is 0. The molecule has 0 spiro atoms. The summed E-state index contributed by atoms with van der Waals surface area (Å²) in [6, 6.07) is 9.79. The lowest BCUT2D eigenvalue weighted by Crippen LogP contribution is -2.61. The number of hydrogen-bond acceptors (Lipinski definition) is 14. The highest BCUT2D eigenvalue weighted by Crippen LogP contribution is 2.21. The number of nitrogens with one attached hydrogen (secondary N) is 6. The number of hydrogen-bond donors (Lipinski definition) is 13. The molecular formula is C37H53BN10O13. The third-order valence-corrected chi connectivity index (χ3v) is 8.92. The monoisotopic (exact) mass is 856 g/mol. The van der Waals surface area contributed by atoms with Gasteiger partial charge in [-0.1, -0.05) is 49.7 Å². The highest BCUT2D eigenvalue weighted by atomic mass is 16.4. The van der Waals surface area contributed by atoms with Gasteiger partial charge >= 0.3 is 13.1 Å². The van der Waals surface area contributed by atoms with E-state index in [2.05, 4.69) is 33.5 Å². The highest BCUT2D eigenvalue weighted by Gasteiger charge is 2.32. The fraction of sp³-hybridized carbons (Fsp3) is 0.432. The zero-order chi connectivity index (χ0) is 45.8. The van der Waals surface area contributed by atoms with Crippen molar-refractivity contribution >= 4 is 60.3 Å². The summed E-state index contributed by atoms with van der Waals surface area (Å²) < 4.78 is 0. The molecule has 8 amide bonds. The zero-order valence-corrected chi connectivity index (χ0v) is 33.6. The number of carbonyl (C=O) groups is 9. The second-order valence-corrected chi connectivity index (χ2v) is 13.7. The quantitative estimate of drug-likeness (QED) is 0.0328. The standard InChI is InChI=1S/C37H53BN10O13/c1-3-4-5-20-6-8-21(9-7-20)22-10-12-23(13-11-22)32(54)45-25(18-49)34(56)46-30(40)36(58)42-17-28(51)48(2)26(14-15-29(52)53)35(57)47-31(41)37(59)44-24(16-27(39)50)33(55)43-19-38(60)61/h6-13,24-26,30-31,49,60-61H,3-5,14-19,40-41H2,1-2H3,(H2,39,50)(H,42,58)(H,43,55)(H,44,59)(H,45,54)(H,46,56)(H,47,57)(H,52,53)/t24?,25-,26+,30+,31-/m1/s1. The Labute approximate surface area is 350 Å². The van der Waals surface area contributed by atoms with Crippen molar-refractivity contribution < 1.29 is 63.4 Å². The average molecular weight is 857 g/mol. The summed E-state index contributed by atoms with van der Waals surface area (Å²) in [6.45, 7) is 0.408. The van der Waals surface area contributed by atoms with E-state index < -0.39 is 130 Å². The van der Waals surface area contributed by atoms with Gasteiger partial charge in [-0.3, -0.25) is 43.2 Å². The molecule has 0 saturated carbocycles. The summed E-state index contributed by atoms with van der Waals surface area (Å²) in [5, 5.41) is 49.7. The molecule has 61 heavy (non-hydrogen) atoms. The van der Waals surface area contributed by atoms with Crippen molar-refractivity contribution in [3.05, 3.63) is 59.7 Å². The van der Waals surface area contributed by atoms with E-state index in [0.29, 0.717) is 0 Å². The van der Waals surface area contributed by atoms with Crippen molar-refractivity contribution in [2.75, 3.05) is 26.6 Å². The van der Waals surface area contributed by atoms with E-state index in [1.165, 1.54) is 17.7 Å². The van der Waals surface area contributed by atoms with Crippen LogP contribution >= 0.6 is 0 Å². The van der Waals surface area contributed by atoms with Gasteiger partial charge in [-0.15, -0.1) is 0 Å². The molecule has 23 nitrogen and oxygen atoms in total. The van der Waals surface area contributed by atoms with Crippen molar-refractivity contribution in [2.45, 2.75) is 75.9 Å². The maximum atomic E-state index is 13.2. The molecule has 0 saturated heterocycles. The normalized spacial score (nSPS) is 13.2. The van der Waals surface area contributed by atoms with E-state index in [1.54, 1.807) is 12.1 Å². The summed E-state index contributed by atoms with van der Waals surface area (Å²) in [5.41, 5.74) is 19.8. The maximum Gasteiger partial charge on any atom is 0.472 e. The van der Waals surface area contributed by atoms with Crippen molar-refractivity contribution in [3.8, 4) is 11.1 Å². The predicted octanol–water partition coefficient (Wildman–Crippen LogP) is -5.11. The molecule has 0 radical (unpaired) electrons. The Kier molecular flexibility index (Phi) is 21.0. The number of unbranched alkanes of at least 4 members (excludes halogenated alkanes) is 1. The minimum Gasteiger partial charge on any atom is -0.481 e. The highest BCUT2D eigenvalue weighted by molar-refractivity contribution is 6.41. The summed E-state index contributed by atoms with van der Waals surface area (Å²) in [4.78, 5) is 113. The van der Waals surface area contributed by atoms with E-state index in [1.807, 2.05) is 29.6 Å². The summed E-state index contributed by atoms with van der Waals surface area (Å²) in [6.07, 6.45) is -3.18. The topological polar surface area (TPSA) is 388 Å². The van der Waals surface area contributed by atoms with Gasteiger partial charge in [0.2, 0.25) is 29.5 Å². The first-order valence-electron chi connectivity index (χ1n) is 19.0. The zero-order valence-electron chi connectivity index (χ0n) is 33.6. The minimum absolute atomic E-state index is 0.176. The first kappa shape index (κ1) is 50.7. The number of rotatable bonds is 25. The molecule has 24 heteroatoms. The molecule has 1 unspecified atom stereocenters. The van der Waals surface area contributed by atoms with E-state index in [-0.39, 0.29) is 5.56 Å². The van der Waals surface area contributed by atoms with Gasteiger partial charge in [-0.25, -0.2) is 0 Å². The number of nitrogens with zero attached hydrogens (tertiary/aromatic N) is 1. The van der Waals surface area contributed by atoms with Gasteiger partial charge in [-0.05, 0) is 48.1 Å². The molecule has 5 atom stereocenters. The van der Waals surface area contributed by atoms with Gasteiger partial charge in [0, 0.05) is 19.0 Å². The second kappa shape index (κ2) is 25.2. The molecule has 0 bridgehead atoms. The molecule has 0 aromatic heterocycles. The van der Waals surface area contributed by atoms with Crippen LogP contribution in [0.5, 0.6) is 0 Å². The van der Waals surface area contributed by atoms with Crippen molar-refractivity contribution in [1.29, 1.82) is 0 Å². The van der Waals surface area contributed by atoms with Crippen LogP contribution < -0.4 is 49.1 Å². The smallest absolute Gasteiger partial charge is 0.472 e. The van der Waals surface area contributed by atoms with Crippen molar-refractivity contribution in [3.63, 3.8) is 0 Å². The molecule has 0 aliphatic carbocycles. The van der Waals surface area contributed by atoms with Gasteiger partial charge in [0.05, 0.1) is 26.0 Å². The van der Waals surface area contributed by atoms with Gasteiger partial charge < -0.3 is 74.3 Å². The number of aryl methyl sites for hydroxylation is 1. The van der Waals surface area contributed by atoms with Crippen LogP contribution in [-0.2, 0) is 44.8 Å². The van der Waals surface area contributed by atoms with Crippen LogP contribution in [0.1, 0.15) is 54.9 Å². The number of carboxylic acids is 1. The van der Waals surface area contributed by atoms with E-state index in [4.69, 9.17) is 27.2 Å². The third-order valence-electron chi connectivity index (χ3n) is 8.92. The summed E-state index contributed by atoms with van der Waals surface area (Å²) in [7, 11) is -0.890. The maximum absolute atomic E-state index is 13.2. The van der Waals surface area contributed by atoms with Gasteiger partial charge in [0.25, 0.3) is 17.7 Å². The number of nitrogens with two attached hydrogens (primary N) is 3. The summed E-state index contributed by atoms with van der Waals surface area (Å²) in [5.74, 6) is -9.67. The molecule has 2 rings (SSSR count). The van der Waals surface area contributed by atoms with Crippen molar-refractivity contribution in [1.82, 2.24) is 36.8 Å². The van der Waals surface area contributed by atoms with Crippen molar-refractivity contribution in [2.24, 2.45) is 17.2 Å². The first-order chi connectivity index (χ1) is 28.8. The number of aliphatic carboxylic acids is 1. The Balaban J connectivity index is 1.98. The van der Waals surface area contributed by atoms with Gasteiger partial charge in [-0.2, -0.15) is 0 Å². The number of benzene rings is 2. The second-order valence-electron chi connectivity index (χ2n) is 13.7. The number of carboxylic acid groups (broad SMARTS) is 1. The molecule has 0 aliphatic rings. The van der Waals surface area contributed by atoms with E-state index in [9.17, 15) is 53.4 Å². The number of likely N-dealkylation sites (N-methyl/N-ethyl adjacent to an activating group) is 1. The predicted molar refractivity (Wildman–Crippen MR) is 216 cm³/mol. The Bertz CT molecular complexity index is 1870. The molecule has 0 fully saturated rings. The minimum atomic E-state index is -1.96. The largest absolute Gasteiger partial charge is 0.481 e. The SMILES string of the molecule is CCCCc1ccc(-c2ccc(C(=O)N[C@H](CO)C(=O)N[C@H](N)C(=O)NCC(=O)N(C)[C@@H](CCC(=O)O)C(=O)N[C@@H](N)C(=O)NC(CC(N)=O)C(=O)NCB(O)O)cc2)cc1. The molecule has 2 aromatic carbocycles. The van der Waals surface area contributed by atoms with E-state index in [0.717, 1.165) is 42.3 Å².